The maximum absolute atomic E-state index is 10.2. The lowest BCUT2D eigenvalue weighted by Gasteiger charge is -2.23. The Kier molecular flexibility index (Phi) is 3.13. The van der Waals surface area contributed by atoms with E-state index in [1.807, 2.05) is 13.0 Å². The van der Waals surface area contributed by atoms with E-state index in [1.165, 1.54) is 0 Å². The van der Waals surface area contributed by atoms with Crippen LogP contribution in [0.4, 0.5) is 0 Å². The first kappa shape index (κ1) is 12.7. The van der Waals surface area contributed by atoms with Gasteiger partial charge in [-0.15, -0.1) is 0 Å². The van der Waals surface area contributed by atoms with Crippen molar-refractivity contribution in [3.63, 3.8) is 0 Å². The summed E-state index contributed by atoms with van der Waals surface area (Å²) in [5.41, 5.74) is 7.89. The Morgan fingerprint density at radius 1 is 1.29 bits per heavy atom. The summed E-state index contributed by atoms with van der Waals surface area (Å²) in [7, 11) is 0. The summed E-state index contributed by atoms with van der Waals surface area (Å²) < 4.78 is 0. The van der Waals surface area contributed by atoms with Gasteiger partial charge in [0, 0.05) is 22.0 Å². The lowest BCUT2D eigenvalue weighted by atomic mass is 9.87. The third-order valence-corrected chi connectivity index (χ3v) is 4.26. The Morgan fingerprint density at radius 3 is 2.29 bits per heavy atom. The molecule has 2 nitrogen and oxygen atoms in total. The molecule has 0 bridgehead atoms. The van der Waals surface area contributed by atoms with Crippen molar-refractivity contribution in [1.29, 1.82) is 0 Å². The topological polar surface area (TPSA) is 46.2 Å². The molecule has 3 N–H and O–H groups in total. The Bertz CT molecular complexity index is 436. The van der Waals surface area contributed by atoms with Crippen LogP contribution in [0, 0.1) is 0 Å². The molecule has 1 aliphatic carbocycles. The summed E-state index contributed by atoms with van der Waals surface area (Å²) in [5, 5.41) is 10.9. The van der Waals surface area contributed by atoms with Crippen molar-refractivity contribution in [2.75, 3.05) is 0 Å². The van der Waals surface area contributed by atoms with Crippen molar-refractivity contribution < 1.29 is 5.11 Å². The second kappa shape index (κ2) is 4.18. The van der Waals surface area contributed by atoms with E-state index in [-0.39, 0.29) is 11.5 Å². The summed E-state index contributed by atoms with van der Waals surface area (Å²) in [5.74, 6) is 0.654. The average molecular weight is 254 g/mol. The van der Waals surface area contributed by atoms with Crippen molar-refractivity contribution in [1.82, 2.24) is 0 Å². The molecule has 1 unspecified atom stereocenters. The first-order chi connectivity index (χ1) is 7.88. The summed E-state index contributed by atoms with van der Waals surface area (Å²) in [6, 6.07) is 3.75. The molecule has 1 aromatic rings. The van der Waals surface area contributed by atoms with Gasteiger partial charge in [0.2, 0.25) is 0 Å². The molecule has 1 saturated carbocycles. The summed E-state index contributed by atoms with van der Waals surface area (Å²) in [4.78, 5) is 0. The Hall–Kier alpha value is -0.730. The number of halogens is 1. The molecule has 1 aliphatic rings. The molecule has 0 radical (unpaired) electrons. The van der Waals surface area contributed by atoms with Crippen molar-refractivity contribution in [2.45, 2.75) is 51.0 Å². The molecule has 0 amide bonds. The highest BCUT2D eigenvalue weighted by atomic mass is 35.5. The smallest absolute Gasteiger partial charge is 0.119 e. The summed E-state index contributed by atoms with van der Waals surface area (Å²) in [6.07, 6.45) is 2.07. The van der Waals surface area contributed by atoms with Crippen LogP contribution in [0.3, 0.4) is 0 Å². The Morgan fingerprint density at radius 2 is 1.88 bits per heavy atom. The van der Waals surface area contributed by atoms with Crippen LogP contribution in [0.1, 0.15) is 50.7 Å². The van der Waals surface area contributed by atoms with E-state index in [1.54, 1.807) is 6.07 Å². The van der Waals surface area contributed by atoms with E-state index < -0.39 is 0 Å². The van der Waals surface area contributed by atoms with E-state index in [9.17, 15) is 5.11 Å². The van der Waals surface area contributed by atoms with Crippen LogP contribution in [-0.2, 0) is 5.41 Å². The Labute approximate surface area is 108 Å². The van der Waals surface area contributed by atoms with Gasteiger partial charge in [-0.1, -0.05) is 25.4 Å². The van der Waals surface area contributed by atoms with Crippen molar-refractivity contribution in [3.8, 4) is 5.75 Å². The van der Waals surface area contributed by atoms with Gasteiger partial charge in [-0.3, -0.25) is 0 Å². The van der Waals surface area contributed by atoms with Gasteiger partial charge >= 0.3 is 0 Å². The largest absolute Gasteiger partial charge is 0.508 e. The van der Waals surface area contributed by atoms with Gasteiger partial charge in [-0.2, -0.15) is 0 Å². The van der Waals surface area contributed by atoms with Gasteiger partial charge in [-0.05, 0) is 43.4 Å². The molecule has 0 saturated heterocycles. The molecular weight excluding hydrogens is 234 g/mol. The molecule has 0 heterocycles. The zero-order chi connectivity index (χ0) is 12.8. The quantitative estimate of drug-likeness (QED) is 0.865. The van der Waals surface area contributed by atoms with Crippen LogP contribution >= 0.6 is 11.6 Å². The zero-order valence-corrected chi connectivity index (χ0v) is 11.4. The molecule has 17 heavy (non-hydrogen) atoms. The molecule has 3 heteroatoms. The zero-order valence-electron chi connectivity index (χ0n) is 10.6. The number of phenols is 1. The van der Waals surface area contributed by atoms with E-state index >= 15 is 0 Å². The summed E-state index contributed by atoms with van der Waals surface area (Å²) in [6.45, 7) is 6.13. The fourth-order valence-electron chi connectivity index (χ4n) is 2.52. The highest BCUT2D eigenvalue weighted by Crippen LogP contribution is 2.54. The first-order valence-electron chi connectivity index (χ1n) is 6.17. The van der Waals surface area contributed by atoms with Crippen molar-refractivity contribution >= 4 is 11.6 Å². The number of aromatic hydroxyl groups is 1. The number of benzene rings is 1. The maximum Gasteiger partial charge on any atom is 0.119 e. The highest BCUT2D eigenvalue weighted by molar-refractivity contribution is 6.31. The molecule has 2 rings (SSSR count). The normalized spacial score (nSPS) is 19.4. The van der Waals surface area contributed by atoms with Crippen LogP contribution in [0.5, 0.6) is 5.75 Å². The van der Waals surface area contributed by atoms with Crippen LogP contribution < -0.4 is 5.73 Å². The van der Waals surface area contributed by atoms with Gasteiger partial charge < -0.3 is 10.8 Å². The van der Waals surface area contributed by atoms with Gasteiger partial charge in [0.15, 0.2) is 0 Å². The van der Waals surface area contributed by atoms with Crippen LogP contribution in [0.25, 0.3) is 0 Å². The summed E-state index contributed by atoms with van der Waals surface area (Å²) >= 11 is 6.28. The average Bonchev–Trinajstić information content (AvgIpc) is 3.01. The van der Waals surface area contributed by atoms with E-state index in [2.05, 4.69) is 13.8 Å². The number of hydrogen-bond acceptors (Lipinski definition) is 2. The fraction of sp³-hybridized carbons (Fsp3) is 0.571. The maximum atomic E-state index is 10.2. The number of phenolic OH excluding ortho intramolecular Hbond substituents is 1. The standard InChI is InChI=1S/C14H20ClNO/c1-8(2)10-6-13(17)11(7-12(10)15)14(4-5-14)9(3)16/h6-9,17H,4-5,16H2,1-3H3. The minimum Gasteiger partial charge on any atom is -0.508 e. The number of rotatable bonds is 3. The second-order valence-electron chi connectivity index (χ2n) is 5.49. The Balaban J connectivity index is 2.48. The van der Waals surface area contributed by atoms with E-state index in [4.69, 9.17) is 17.3 Å². The highest BCUT2D eigenvalue weighted by Gasteiger charge is 2.49. The molecule has 0 aromatic heterocycles. The fourth-order valence-corrected chi connectivity index (χ4v) is 2.91. The van der Waals surface area contributed by atoms with Crippen LogP contribution in [0.15, 0.2) is 12.1 Å². The molecule has 1 aromatic carbocycles. The van der Waals surface area contributed by atoms with Gasteiger partial charge in [0.1, 0.15) is 5.75 Å². The van der Waals surface area contributed by atoms with Crippen LogP contribution in [0.2, 0.25) is 5.02 Å². The monoisotopic (exact) mass is 253 g/mol. The first-order valence-corrected chi connectivity index (χ1v) is 6.55. The number of nitrogens with two attached hydrogens (primary N) is 1. The molecule has 1 fully saturated rings. The predicted molar refractivity (Wildman–Crippen MR) is 71.8 cm³/mol. The lowest BCUT2D eigenvalue weighted by molar-refractivity contribution is 0.445. The molecular formula is C14H20ClNO. The third kappa shape index (κ3) is 2.04. The molecule has 94 valence electrons. The van der Waals surface area contributed by atoms with Gasteiger partial charge in [0.05, 0.1) is 0 Å². The van der Waals surface area contributed by atoms with Crippen LogP contribution in [-0.4, -0.2) is 11.1 Å². The van der Waals surface area contributed by atoms with Gasteiger partial charge in [-0.25, -0.2) is 0 Å². The third-order valence-electron chi connectivity index (χ3n) is 3.93. The predicted octanol–water partition coefficient (Wildman–Crippen LogP) is 3.55. The second-order valence-corrected chi connectivity index (χ2v) is 5.90. The van der Waals surface area contributed by atoms with Gasteiger partial charge in [0.25, 0.3) is 0 Å². The van der Waals surface area contributed by atoms with E-state index in [0.29, 0.717) is 11.7 Å². The SMILES string of the molecule is CC(C)c1cc(O)c(C2(C(C)N)CC2)cc1Cl. The minimum atomic E-state index is -0.0523. The van der Waals surface area contributed by atoms with Crippen molar-refractivity contribution in [3.05, 3.63) is 28.3 Å². The lowest BCUT2D eigenvalue weighted by Crippen LogP contribution is -2.31. The molecule has 0 spiro atoms. The minimum absolute atomic E-state index is 0.0503. The number of hydrogen-bond donors (Lipinski definition) is 2. The molecule has 0 aliphatic heterocycles. The molecule has 1 atom stereocenters. The van der Waals surface area contributed by atoms with Crippen molar-refractivity contribution in [2.24, 2.45) is 5.73 Å². The van der Waals surface area contributed by atoms with E-state index in [0.717, 1.165) is 29.0 Å².